The van der Waals surface area contributed by atoms with Gasteiger partial charge in [0.25, 0.3) is 5.56 Å². The average molecular weight is 391 g/mol. The van der Waals surface area contributed by atoms with Crippen molar-refractivity contribution in [1.29, 1.82) is 0 Å². The molecular weight excluding hydrogens is 366 g/mol. The molecule has 2 aromatic rings. The first-order valence-corrected chi connectivity index (χ1v) is 9.02. The fourth-order valence-corrected chi connectivity index (χ4v) is 2.97. The third-order valence-electron chi connectivity index (χ3n) is 4.46. The summed E-state index contributed by atoms with van der Waals surface area (Å²) in [5, 5.41) is 11.2. The molecule has 1 heterocycles. The molecule has 0 fully saturated rings. The second-order valence-electron chi connectivity index (χ2n) is 6.28. The van der Waals surface area contributed by atoms with Crippen LogP contribution in [0.3, 0.4) is 0 Å². The molecule has 152 valence electrons. The van der Waals surface area contributed by atoms with E-state index in [2.05, 4.69) is 4.98 Å². The molecule has 0 saturated carbocycles. The van der Waals surface area contributed by atoms with Crippen LogP contribution in [-0.4, -0.2) is 28.1 Å². The summed E-state index contributed by atoms with van der Waals surface area (Å²) in [5.74, 6) is 0.245. The first-order valence-electron chi connectivity index (χ1n) is 9.02. The molecule has 1 aromatic carbocycles. The molecule has 0 saturated heterocycles. The molecule has 0 unspecified atom stereocenters. The number of benzene rings is 1. The first kappa shape index (κ1) is 21.0. The highest BCUT2D eigenvalue weighted by Gasteiger charge is 2.20. The predicted octanol–water partition coefficient (Wildman–Crippen LogP) is 1.86. The lowest BCUT2D eigenvalue weighted by Crippen LogP contribution is -2.38. The van der Waals surface area contributed by atoms with Crippen LogP contribution in [0.5, 0.6) is 5.75 Å². The normalized spacial score (nSPS) is 10.7. The molecule has 10 heteroatoms. The Morgan fingerprint density at radius 1 is 1.32 bits per heavy atom. The Kier molecular flexibility index (Phi) is 6.80. The lowest BCUT2D eigenvalue weighted by atomic mass is 10.1. The quantitative estimate of drug-likeness (QED) is 0.492. The van der Waals surface area contributed by atoms with E-state index in [0.29, 0.717) is 18.7 Å². The Labute approximate surface area is 161 Å². The number of ether oxygens (including phenoxy) is 1. The number of rotatable bonds is 9. The number of H-pyrrole nitrogens is 1. The van der Waals surface area contributed by atoms with Crippen molar-refractivity contribution >= 4 is 17.2 Å². The summed E-state index contributed by atoms with van der Waals surface area (Å²) in [7, 11) is 1.36. The van der Waals surface area contributed by atoms with Gasteiger partial charge in [-0.25, -0.2) is 4.79 Å². The van der Waals surface area contributed by atoms with Crippen molar-refractivity contribution in [2.75, 3.05) is 24.3 Å². The summed E-state index contributed by atoms with van der Waals surface area (Å²) in [6.07, 6.45) is 1.61. The Hall–Kier alpha value is -3.30. The summed E-state index contributed by atoms with van der Waals surface area (Å²) in [6.45, 7) is 4.84. The van der Waals surface area contributed by atoms with Crippen LogP contribution in [-0.2, 0) is 13.1 Å². The summed E-state index contributed by atoms with van der Waals surface area (Å²) in [5.41, 5.74) is 5.65. The minimum Gasteiger partial charge on any atom is -0.490 e. The molecule has 1 aromatic heterocycles. The maximum atomic E-state index is 12.4. The highest BCUT2D eigenvalue weighted by atomic mass is 16.6. The molecular formula is C18H25N5O5. The van der Waals surface area contributed by atoms with Gasteiger partial charge in [0.15, 0.2) is 5.75 Å². The zero-order chi connectivity index (χ0) is 20.8. The monoisotopic (exact) mass is 391 g/mol. The molecule has 0 aliphatic carbocycles. The fraction of sp³-hybridized carbons (Fsp3) is 0.444. The molecule has 0 aliphatic rings. The second kappa shape index (κ2) is 9.07. The predicted molar refractivity (Wildman–Crippen MR) is 107 cm³/mol. The van der Waals surface area contributed by atoms with Gasteiger partial charge >= 0.3 is 11.4 Å². The molecule has 0 radical (unpaired) electrons. The van der Waals surface area contributed by atoms with E-state index in [1.807, 2.05) is 13.8 Å². The standard InChI is InChI=1S/C18H25N5O5/c1-4-6-9-22-16(19)15(17(24)20-18(22)25)21(5-2)11-12-7-8-14(28-3)13(10-12)23(26)27/h7-8,10H,4-6,9,11,19H2,1-3H3,(H,20,24,25). The summed E-state index contributed by atoms with van der Waals surface area (Å²) < 4.78 is 6.36. The minimum absolute atomic E-state index is 0.0899. The molecule has 0 bridgehead atoms. The number of aromatic amines is 1. The van der Waals surface area contributed by atoms with E-state index >= 15 is 0 Å². The van der Waals surface area contributed by atoms with E-state index in [4.69, 9.17) is 10.5 Å². The van der Waals surface area contributed by atoms with Crippen LogP contribution in [0, 0.1) is 10.1 Å². The zero-order valence-corrected chi connectivity index (χ0v) is 16.2. The van der Waals surface area contributed by atoms with E-state index in [9.17, 15) is 19.7 Å². The maximum absolute atomic E-state index is 12.4. The highest BCUT2D eigenvalue weighted by molar-refractivity contribution is 5.63. The Morgan fingerprint density at radius 2 is 2.04 bits per heavy atom. The third kappa shape index (κ3) is 4.33. The van der Waals surface area contributed by atoms with Crippen molar-refractivity contribution in [2.24, 2.45) is 0 Å². The van der Waals surface area contributed by atoms with E-state index in [0.717, 1.165) is 12.8 Å². The molecule has 28 heavy (non-hydrogen) atoms. The molecule has 2 rings (SSSR count). The lowest BCUT2D eigenvalue weighted by molar-refractivity contribution is -0.385. The molecule has 0 aliphatic heterocycles. The van der Waals surface area contributed by atoms with E-state index < -0.39 is 16.2 Å². The number of nitrogen functional groups attached to an aromatic ring is 1. The number of hydrogen-bond donors (Lipinski definition) is 2. The number of anilines is 2. The van der Waals surface area contributed by atoms with Crippen molar-refractivity contribution in [3.63, 3.8) is 0 Å². The largest absolute Gasteiger partial charge is 0.490 e. The van der Waals surface area contributed by atoms with Gasteiger partial charge < -0.3 is 15.4 Å². The van der Waals surface area contributed by atoms with Crippen molar-refractivity contribution in [3.8, 4) is 5.75 Å². The van der Waals surface area contributed by atoms with Gasteiger partial charge in [0.05, 0.1) is 12.0 Å². The van der Waals surface area contributed by atoms with Crippen LogP contribution in [0.1, 0.15) is 32.3 Å². The topological polar surface area (TPSA) is 136 Å². The molecule has 0 atom stereocenters. The van der Waals surface area contributed by atoms with Crippen LogP contribution in [0.2, 0.25) is 0 Å². The van der Waals surface area contributed by atoms with Gasteiger partial charge in [-0.05, 0) is 25.0 Å². The molecule has 3 N–H and O–H groups in total. The first-order chi connectivity index (χ1) is 13.3. The van der Waals surface area contributed by atoms with Gasteiger partial charge in [-0.3, -0.25) is 24.5 Å². The molecule has 0 spiro atoms. The van der Waals surface area contributed by atoms with Crippen molar-refractivity contribution < 1.29 is 9.66 Å². The summed E-state index contributed by atoms with van der Waals surface area (Å²) >= 11 is 0. The Morgan fingerprint density at radius 3 is 2.61 bits per heavy atom. The van der Waals surface area contributed by atoms with Crippen molar-refractivity contribution in [3.05, 3.63) is 54.7 Å². The number of methoxy groups -OCH3 is 1. The van der Waals surface area contributed by atoms with Gasteiger partial charge in [0.2, 0.25) is 0 Å². The SMILES string of the molecule is CCCCn1c(N)c(N(CC)Cc2ccc(OC)c([N+](=O)[O-])c2)c(=O)[nH]c1=O. The van der Waals surface area contributed by atoms with Crippen LogP contribution in [0.25, 0.3) is 0 Å². The van der Waals surface area contributed by atoms with Crippen LogP contribution >= 0.6 is 0 Å². The number of nitro groups is 1. The third-order valence-corrected chi connectivity index (χ3v) is 4.46. The van der Waals surface area contributed by atoms with Crippen LogP contribution < -0.4 is 26.6 Å². The van der Waals surface area contributed by atoms with E-state index in [-0.39, 0.29) is 29.5 Å². The summed E-state index contributed by atoms with van der Waals surface area (Å²) in [4.78, 5) is 39.2. The number of nitrogens with two attached hydrogens (primary N) is 1. The van der Waals surface area contributed by atoms with Crippen LogP contribution in [0.4, 0.5) is 17.2 Å². The minimum atomic E-state index is -0.583. The Bertz CT molecular complexity index is 966. The average Bonchev–Trinajstić information content (AvgIpc) is 2.66. The summed E-state index contributed by atoms with van der Waals surface area (Å²) in [6, 6.07) is 4.60. The fourth-order valence-electron chi connectivity index (χ4n) is 2.97. The van der Waals surface area contributed by atoms with Gasteiger partial charge in [-0.1, -0.05) is 19.4 Å². The Balaban J connectivity index is 2.46. The molecule has 10 nitrogen and oxygen atoms in total. The van der Waals surface area contributed by atoms with Crippen molar-refractivity contribution in [2.45, 2.75) is 39.8 Å². The van der Waals surface area contributed by atoms with Gasteiger partial charge in [0.1, 0.15) is 11.5 Å². The zero-order valence-electron chi connectivity index (χ0n) is 16.2. The number of aromatic nitrogens is 2. The van der Waals surface area contributed by atoms with E-state index in [1.165, 1.54) is 23.8 Å². The van der Waals surface area contributed by atoms with Crippen LogP contribution in [0.15, 0.2) is 27.8 Å². The molecule has 0 amide bonds. The smallest absolute Gasteiger partial charge is 0.330 e. The van der Waals surface area contributed by atoms with E-state index in [1.54, 1.807) is 11.0 Å². The number of unbranched alkanes of at least 4 members (excludes halogenated alkanes) is 1. The van der Waals surface area contributed by atoms with Gasteiger partial charge in [-0.2, -0.15) is 0 Å². The van der Waals surface area contributed by atoms with Gasteiger partial charge in [-0.15, -0.1) is 0 Å². The number of nitro benzene ring substituents is 1. The second-order valence-corrected chi connectivity index (χ2v) is 6.28. The number of hydrogen-bond acceptors (Lipinski definition) is 7. The maximum Gasteiger partial charge on any atom is 0.330 e. The van der Waals surface area contributed by atoms with Crippen molar-refractivity contribution in [1.82, 2.24) is 9.55 Å². The van der Waals surface area contributed by atoms with Gasteiger partial charge in [0, 0.05) is 25.7 Å². The lowest BCUT2D eigenvalue weighted by Gasteiger charge is -2.25. The number of nitrogens with one attached hydrogen (secondary N) is 1. The highest BCUT2D eigenvalue weighted by Crippen LogP contribution is 2.29. The number of nitrogens with zero attached hydrogens (tertiary/aromatic N) is 3.